The number of allylic oxidation sites excluding steroid dienone is 2. The third-order valence-corrected chi connectivity index (χ3v) is 8.37. The lowest BCUT2D eigenvalue weighted by atomic mass is 9.59. The molecule has 4 atom stereocenters. The van der Waals surface area contributed by atoms with E-state index in [0.717, 1.165) is 25.9 Å². The Kier molecular flexibility index (Phi) is 12.4. The Labute approximate surface area is 216 Å². The van der Waals surface area contributed by atoms with E-state index in [1.807, 2.05) is 0 Å². The molecule has 8 nitrogen and oxygen atoms in total. The average molecular weight is 509 g/mol. The number of ether oxygens (including phenoxy) is 1. The fourth-order valence-electron chi connectivity index (χ4n) is 6.30. The van der Waals surface area contributed by atoms with E-state index in [2.05, 4.69) is 33.0 Å². The van der Waals surface area contributed by atoms with Gasteiger partial charge in [-0.2, -0.15) is 0 Å². The predicted octanol–water partition coefficient (Wildman–Crippen LogP) is 1.73. The summed E-state index contributed by atoms with van der Waals surface area (Å²) in [6, 6.07) is 0. The topological polar surface area (TPSA) is 120 Å². The minimum absolute atomic E-state index is 0.0467. The Morgan fingerprint density at radius 3 is 2.36 bits per heavy atom. The molecule has 1 heterocycles. The van der Waals surface area contributed by atoms with Crippen LogP contribution < -0.4 is 15.3 Å². The van der Waals surface area contributed by atoms with Crippen LogP contribution in [-0.4, -0.2) is 61.8 Å². The van der Waals surface area contributed by atoms with Gasteiger partial charge in [0, 0.05) is 25.4 Å². The third-order valence-electron chi connectivity index (χ3n) is 8.37. The molecule has 0 amide bonds. The predicted molar refractivity (Wildman–Crippen MR) is 136 cm³/mol. The number of unbranched alkanes of at least 4 members (excludes halogenated alkanes) is 2. The number of carbonyl (C=O) groups is 3. The second-order valence-electron chi connectivity index (χ2n) is 11.2. The Morgan fingerprint density at radius 1 is 1.17 bits per heavy atom. The van der Waals surface area contributed by atoms with Crippen LogP contribution in [0.5, 0.6) is 0 Å². The molecule has 0 radical (unpaired) electrons. The van der Waals surface area contributed by atoms with Gasteiger partial charge < -0.3 is 30.0 Å². The monoisotopic (exact) mass is 508 g/mol. The Hall–Kier alpha value is -1.93. The summed E-state index contributed by atoms with van der Waals surface area (Å²) in [5, 5.41) is 19.9. The Balaban J connectivity index is 0.000000678. The van der Waals surface area contributed by atoms with Crippen molar-refractivity contribution in [3.63, 3.8) is 0 Å². The van der Waals surface area contributed by atoms with E-state index in [-0.39, 0.29) is 23.4 Å². The normalized spacial score (nSPS) is 27.1. The lowest BCUT2D eigenvalue weighted by molar-refractivity contribution is -0.900. The van der Waals surface area contributed by atoms with Crippen molar-refractivity contribution in [1.82, 2.24) is 5.32 Å². The summed E-state index contributed by atoms with van der Waals surface area (Å²) in [5.74, 6) is -3.52. The highest BCUT2D eigenvalue weighted by Crippen LogP contribution is 2.54. The van der Waals surface area contributed by atoms with Gasteiger partial charge in [0.05, 0.1) is 25.6 Å². The summed E-state index contributed by atoms with van der Waals surface area (Å²) in [6.45, 7) is 15.0. The minimum atomic E-state index is -2.07. The van der Waals surface area contributed by atoms with Gasteiger partial charge in [0.15, 0.2) is 5.97 Å². The molecule has 2 aliphatic carbocycles. The molecule has 3 N–H and O–H groups in total. The van der Waals surface area contributed by atoms with Crippen LogP contribution in [0, 0.1) is 17.3 Å². The standard InChI is InChI=1S/C26H46N2O2.C2H2O4/c1-5-7-14-28(15-8-6-2)16-10-13-27-19-22-21-17-23-20(3)11-9-12-26(23,4)18-24(21)30-25(22)29;3-1(4)2(5)6/h21-22,24,27H,5-19H2,1-4H3;(H,3,4)(H,5,6). The van der Waals surface area contributed by atoms with Crippen molar-refractivity contribution in [2.45, 2.75) is 98.0 Å². The second kappa shape index (κ2) is 14.7. The van der Waals surface area contributed by atoms with Crippen molar-refractivity contribution in [1.29, 1.82) is 0 Å². The lowest BCUT2D eigenvalue weighted by Crippen LogP contribution is -3.12. The lowest BCUT2D eigenvalue weighted by Gasteiger charge is -2.45. The smallest absolute Gasteiger partial charge is 0.351 e. The molecule has 2 fully saturated rings. The molecule has 0 aromatic carbocycles. The zero-order chi connectivity index (χ0) is 26.7. The van der Waals surface area contributed by atoms with Gasteiger partial charge in [-0.15, -0.1) is 0 Å². The van der Waals surface area contributed by atoms with Gasteiger partial charge in [0.25, 0.3) is 0 Å². The van der Waals surface area contributed by atoms with Crippen LogP contribution in [-0.2, 0) is 19.1 Å². The first kappa shape index (κ1) is 30.3. The van der Waals surface area contributed by atoms with Crippen LogP contribution in [0.3, 0.4) is 0 Å². The number of nitrogens with one attached hydrogen (secondary N) is 2. The molecule has 8 heteroatoms. The summed E-state index contributed by atoms with van der Waals surface area (Å²) in [4.78, 5) is 32.4. The molecule has 4 unspecified atom stereocenters. The molecule has 0 aromatic heterocycles. The number of carboxylic acid groups (broad SMARTS) is 2. The quantitative estimate of drug-likeness (QED) is 0.159. The van der Waals surface area contributed by atoms with E-state index in [9.17, 15) is 4.79 Å². The van der Waals surface area contributed by atoms with Crippen molar-refractivity contribution in [3.8, 4) is 0 Å². The molecule has 1 saturated carbocycles. The number of hydrogen-bond donors (Lipinski definition) is 3. The van der Waals surface area contributed by atoms with Crippen LogP contribution in [0.2, 0.25) is 0 Å². The molecule has 0 spiro atoms. The first-order chi connectivity index (χ1) is 17.1. The van der Waals surface area contributed by atoms with E-state index in [0.29, 0.717) is 5.92 Å². The summed E-state index contributed by atoms with van der Waals surface area (Å²) in [5.41, 5.74) is 3.52. The van der Waals surface area contributed by atoms with Gasteiger partial charge in [0.1, 0.15) is 6.10 Å². The van der Waals surface area contributed by atoms with Gasteiger partial charge in [0.2, 0.25) is 0 Å². The second-order valence-corrected chi connectivity index (χ2v) is 11.2. The fourth-order valence-corrected chi connectivity index (χ4v) is 6.30. The van der Waals surface area contributed by atoms with Crippen molar-refractivity contribution in [3.05, 3.63) is 11.1 Å². The SMILES string of the molecule is CCCC[NH+](CCCC)CCCNCC1C(=O)OC2CC3(C)CCCC(C)=C3CC21.O=C([O-])C(=O)O. The minimum Gasteiger partial charge on any atom is -0.539 e. The van der Waals surface area contributed by atoms with Gasteiger partial charge in [-0.05, 0) is 57.3 Å². The maximum Gasteiger partial charge on any atom is 0.351 e. The first-order valence-corrected chi connectivity index (χ1v) is 14.0. The van der Waals surface area contributed by atoms with E-state index in [1.165, 1.54) is 71.0 Å². The van der Waals surface area contributed by atoms with E-state index >= 15 is 0 Å². The van der Waals surface area contributed by atoms with Gasteiger partial charge in [-0.3, -0.25) is 4.79 Å². The van der Waals surface area contributed by atoms with Gasteiger partial charge >= 0.3 is 11.9 Å². The summed E-state index contributed by atoms with van der Waals surface area (Å²) in [6.07, 6.45) is 12.5. The van der Waals surface area contributed by atoms with Crippen LogP contribution >= 0.6 is 0 Å². The van der Waals surface area contributed by atoms with Crippen molar-refractivity contribution < 1.29 is 34.2 Å². The highest BCUT2D eigenvalue weighted by molar-refractivity contribution is 6.26. The Morgan fingerprint density at radius 2 is 1.78 bits per heavy atom. The number of hydrogen-bond acceptors (Lipinski definition) is 6. The largest absolute Gasteiger partial charge is 0.539 e. The molecule has 0 aromatic rings. The van der Waals surface area contributed by atoms with E-state index < -0.39 is 11.9 Å². The molecular formula is C28H48N2O6. The molecule has 1 saturated heterocycles. The van der Waals surface area contributed by atoms with Crippen LogP contribution in [0.1, 0.15) is 91.9 Å². The summed E-state index contributed by atoms with van der Waals surface area (Å²) < 4.78 is 5.91. The number of aliphatic carboxylic acids is 2. The zero-order valence-electron chi connectivity index (χ0n) is 22.8. The molecule has 206 valence electrons. The molecule has 0 bridgehead atoms. The Bertz CT molecular complexity index is 762. The van der Waals surface area contributed by atoms with Crippen LogP contribution in [0.25, 0.3) is 0 Å². The van der Waals surface area contributed by atoms with Crippen molar-refractivity contribution >= 4 is 17.9 Å². The third kappa shape index (κ3) is 8.58. The number of fused-ring (bicyclic) bond motifs is 2. The molecular weight excluding hydrogens is 460 g/mol. The number of carboxylic acids is 2. The van der Waals surface area contributed by atoms with E-state index in [1.54, 1.807) is 16.0 Å². The molecule has 3 aliphatic rings. The highest BCUT2D eigenvalue weighted by Gasteiger charge is 2.52. The number of carbonyl (C=O) groups excluding carboxylic acids is 2. The number of esters is 1. The van der Waals surface area contributed by atoms with E-state index in [4.69, 9.17) is 24.5 Å². The molecule has 1 aliphatic heterocycles. The maximum atomic E-state index is 12.7. The molecule has 3 rings (SSSR count). The van der Waals surface area contributed by atoms with Gasteiger partial charge in [-0.25, -0.2) is 4.79 Å². The average Bonchev–Trinajstić information content (AvgIpc) is 3.12. The number of quaternary nitrogens is 1. The molecule has 36 heavy (non-hydrogen) atoms. The van der Waals surface area contributed by atoms with Crippen LogP contribution in [0.4, 0.5) is 0 Å². The first-order valence-electron chi connectivity index (χ1n) is 14.0. The van der Waals surface area contributed by atoms with Crippen molar-refractivity contribution in [2.24, 2.45) is 17.3 Å². The fraction of sp³-hybridized carbons (Fsp3) is 0.821. The van der Waals surface area contributed by atoms with Crippen molar-refractivity contribution in [2.75, 3.05) is 32.7 Å². The number of rotatable bonds is 12. The van der Waals surface area contributed by atoms with Crippen LogP contribution in [0.15, 0.2) is 11.1 Å². The van der Waals surface area contributed by atoms with Gasteiger partial charge in [-0.1, -0.05) is 44.8 Å². The highest BCUT2D eigenvalue weighted by atomic mass is 16.6. The zero-order valence-corrected chi connectivity index (χ0v) is 22.8. The summed E-state index contributed by atoms with van der Waals surface area (Å²) in [7, 11) is 0. The maximum absolute atomic E-state index is 12.7. The summed E-state index contributed by atoms with van der Waals surface area (Å²) >= 11 is 0.